The second-order valence-electron chi connectivity index (χ2n) is 5.49. The number of anilines is 2. The van der Waals surface area contributed by atoms with E-state index in [0.717, 1.165) is 36.8 Å². The third-order valence-corrected chi connectivity index (χ3v) is 4.15. The largest absolute Gasteiger partial charge is 0.383 e. The molecule has 1 saturated heterocycles. The minimum Gasteiger partial charge on any atom is -0.383 e. The molecule has 0 aliphatic carbocycles. The van der Waals surface area contributed by atoms with Gasteiger partial charge in [-0.3, -0.25) is 0 Å². The van der Waals surface area contributed by atoms with E-state index in [0.29, 0.717) is 5.82 Å². The molecule has 0 spiro atoms. The van der Waals surface area contributed by atoms with Gasteiger partial charge in [0.05, 0.1) is 0 Å². The van der Waals surface area contributed by atoms with Crippen molar-refractivity contribution in [1.82, 2.24) is 9.97 Å². The molecular formula is C15H26N4. The van der Waals surface area contributed by atoms with Crippen LogP contribution in [-0.4, -0.2) is 23.1 Å². The molecule has 4 heteroatoms. The molecule has 0 saturated carbocycles. The molecule has 1 aromatic rings. The zero-order valence-corrected chi connectivity index (χ0v) is 12.2. The van der Waals surface area contributed by atoms with Crippen LogP contribution in [0.15, 0.2) is 6.33 Å². The van der Waals surface area contributed by atoms with E-state index in [9.17, 15) is 0 Å². The molecule has 1 aliphatic heterocycles. The van der Waals surface area contributed by atoms with Gasteiger partial charge in [-0.05, 0) is 31.6 Å². The lowest BCUT2D eigenvalue weighted by Gasteiger charge is -2.24. The summed E-state index contributed by atoms with van der Waals surface area (Å²) in [5.41, 5.74) is 7.08. The highest BCUT2D eigenvalue weighted by Gasteiger charge is 2.20. The molecule has 2 heterocycles. The van der Waals surface area contributed by atoms with Crippen molar-refractivity contribution in [2.75, 3.05) is 23.7 Å². The monoisotopic (exact) mass is 262 g/mol. The van der Waals surface area contributed by atoms with Gasteiger partial charge in [-0.2, -0.15) is 0 Å². The smallest absolute Gasteiger partial charge is 0.137 e. The first kappa shape index (κ1) is 14.1. The van der Waals surface area contributed by atoms with Gasteiger partial charge in [0.1, 0.15) is 18.0 Å². The Kier molecular flexibility index (Phi) is 5.00. The van der Waals surface area contributed by atoms with Crippen molar-refractivity contribution in [3.8, 4) is 0 Å². The van der Waals surface area contributed by atoms with Gasteiger partial charge in [-0.25, -0.2) is 9.97 Å². The van der Waals surface area contributed by atoms with E-state index in [4.69, 9.17) is 5.73 Å². The number of hydrogen-bond acceptors (Lipinski definition) is 4. The van der Waals surface area contributed by atoms with Crippen molar-refractivity contribution in [3.05, 3.63) is 11.9 Å². The molecule has 2 rings (SSSR count). The summed E-state index contributed by atoms with van der Waals surface area (Å²) in [6, 6.07) is 0. The molecule has 1 unspecified atom stereocenters. The number of nitrogen functional groups attached to an aromatic ring is 1. The summed E-state index contributed by atoms with van der Waals surface area (Å²) < 4.78 is 0. The highest BCUT2D eigenvalue weighted by molar-refractivity contribution is 5.56. The molecule has 0 aromatic carbocycles. The van der Waals surface area contributed by atoms with Crippen LogP contribution in [0, 0.1) is 5.92 Å². The number of nitrogens with two attached hydrogens (primary N) is 1. The predicted molar refractivity (Wildman–Crippen MR) is 80.3 cm³/mol. The molecule has 0 amide bonds. The van der Waals surface area contributed by atoms with Gasteiger partial charge in [0, 0.05) is 18.7 Å². The summed E-state index contributed by atoms with van der Waals surface area (Å²) in [5.74, 6) is 2.59. The van der Waals surface area contributed by atoms with Crippen molar-refractivity contribution in [2.24, 2.45) is 5.92 Å². The molecular weight excluding hydrogens is 236 g/mol. The van der Waals surface area contributed by atoms with Crippen LogP contribution in [0.4, 0.5) is 11.6 Å². The molecule has 19 heavy (non-hydrogen) atoms. The molecule has 0 radical (unpaired) electrons. The van der Waals surface area contributed by atoms with Crippen LogP contribution < -0.4 is 10.6 Å². The van der Waals surface area contributed by atoms with Crippen molar-refractivity contribution in [3.63, 3.8) is 0 Å². The highest BCUT2D eigenvalue weighted by Crippen LogP contribution is 2.27. The van der Waals surface area contributed by atoms with Gasteiger partial charge in [-0.1, -0.05) is 26.7 Å². The Hall–Kier alpha value is -1.32. The van der Waals surface area contributed by atoms with Gasteiger partial charge in [0.2, 0.25) is 0 Å². The summed E-state index contributed by atoms with van der Waals surface area (Å²) in [6.45, 7) is 6.61. The van der Waals surface area contributed by atoms with Gasteiger partial charge < -0.3 is 10.6 Å². The predicted octanol–water partition coefficient (Wildman–Crippen LogP) is 3.03. The summed E-state index contributed by atoms with van der Waals surface area (Å²) >= 11 is 0. The fourth-order valence-electron chi connectivity index (χ4n) is 3.10. The Morgan fingerprint density at radius 2 is 2.11 bits per heavy atom. The number of hydrogen-bond donors (Lipinski definition) is 1. The molecule has 1 atom stereocenters. The lowest BCUT2D eigenvalue weighted by Crippen LogP contribution is -2.27. The first-order valence-electron chi connectivity index (χ1n) is 7.60. The Bertz CT molecular complexity index is 405. The van der Waals surface area contributed by atoms with Crippen molar-refractivity contribution in [1.29, 1.82) is 0 Å². The molecule has 1 aliphatic rings. The number of aromatic nitrogens is 2. The molecule has 0 bridgehead atoms. The van der Waals surface area contributed by atoms with E-state index < -0.39 is 0 Å². The quantitative estimate of drug-likeness (QED) is 0.906. The van der Waals surface area contributed by atoms with Crippen LogP contribution in [0.1, 0.15) is 51.5 Å². The van der Waals surface area contributed by atoms with Gasteiger partial charge in [-0.15, -0.1) is 0 Å². The van der Waals surface area contributed by atoms with E-state index in [1.165, 1.54) is 32.1 Å². The first-order chi connectivity index (χ1) is 9.26. The van der Waals surface area contributed by atoms with Crippen molar-refractivity contribution >= 4 is 11.6 Å². The Morgan fingerprint density at radius 3 is 2.84 bits per heavy atom. The summed E-state index contributed by atoms with van der Waals surface area (Å²) in [6.07, 6.45) is 9.05. The zero-order chi connectivity index (χ0) is 13.7. The Labute approximate surface area is 116 Å². The molecule has 1 fully saturated rings. The lowest BCUT2D eigenvalue weighted by molar-refractivity contribution is 0.435. The maximum Gasteiger partial charge on any atom is 0.137 e. The third-order valence-electron chi connectivity index (χ3n) is 4.15. The highest BCUT2D eigenvalue weighted by atomic mass is 15.2. The summed E-state index contributed by atoms with van der Waals surface area (Å²) in [7, 11) is 0. The maximum atomic E-state index is 5.97. The van der Waals surface area contributed by atoms with Crippen molar-refractivity contribution in [2.45, 2.75) is 52.4 Å². The van der Waals surface area contributed by atoms with Crippen LogP contribution in [-0.2, 0) is 6.42 Å². The minimum absolute atomic E-state index is 0.641. The second-order valence-corrected chi connectivity index (χ2v) is 5.49. The Morgan fingerprint density at radius 1 is 1.26 bits per heavy atom. The topological polar surface area (TPSA) is 55.0 Å². The van der Waals surface area contributed by atoms with E-state index in [-0.39, 0.29) is 0 Å². The standard InChI is InChI=1S/C15H26N4/c1-3-6-12-7-5-9-19(10-8-12)15-13(4-2)14(16)17-11-18-15/h11-12H,3-10H2,1-2H3,(H2,16,17,18). The van der Waals surface area contributed by atoms with Crippen LogP contribution >= 0.6 is 0 Å². The van der Waals surface area contributed by atoms with Crippen LogP contribution in [0.3, 0.4) is 0 Å². The van der Waals surface area contributed by atoms with Crippen LogP contribution in [0.2, 0.25) is 0 Å². The molecule has 106 valence electrons. The van der Waals surface area contributed by atoms with Gasteiger partial charge in [0.15, 0.2) is 0 Å². The van der Waals surface area contributed by atoms with E-state index >= 15 is 0 Å². The summed E-state index contributed by atoms with van der Waals surface area (Å²) in [5, 5.41) is 0. The normalized spacial score (nSPS) is 20.3. The Balaban J connectivity index is 2.12. The van der Waals surface area contributed by atoms with E-state index in [1.807, 2.05) is 0 Å². The average molecular weight is 262 g/mol. The van der Waals surface area contributed by atoms with Crippen LogP contribution in [0.5, 0.6) is 0 Å². The summed E-state index contributed by atoms with van der Waals surface area (Å²) in [4.78, 5) is 11.0. The fourth-order valence-corrected chi connectivity index (χ4v) is 3.10. The second kappa shape index (κ2) is 6.73. The molecule has 1 aromatic heterocycles. The van der Waals surface area contributed by atoms with E-state index in [2.05, 4.69) is 28.7 Å². The molecule has 4 nitrogen and oxygen atoms in total. The SMILES string of the molecule is CCCC1CCCN(c2ncnc(N)c2CC)CC1. The minimum atomic E-state index is 0.641. The lowest BCUT2D eigenvalue weighted by atomic mass is 9.96. The van der Waals surface area contributed by atoms with Crippen molar-refractivity contribution < 1.29 is 0 Å². The van der Waals surface area contributed by atoms with E-state index in [1.54, 1.807) is 6.33 Å². The number of nitrogens with zero attached hydrogens (tertiary/aromatic N) is 3. The molecule has 2 N–H and O–H groups in total. The first-order valence-corrected chi connectivity index (χ1v) is 7.60. The number of rotatable bonds is 4. The third kappa shape index (κ3) is 3.37. The average Bonchev–Trinajstić information content (AvgIpc) is 2.64. The van der Waals surface area contributed by atoms with Gasteiger partial charge in [0.25, 0.3) is 0 Å². The zero-order valence-electron chi connectivity index (χ0n) is 12.2. The van der Waals surface area contributed by atoms with Gasteiger partial charge >= 0.3 is 0 Å². The van der Waals surface area contributed by atoms with Crippen LogP contribution in [0.25, 0.3) is 0 Å². The fraction of sp³-hybridized carbons (Fsp3) is 0.733. The maximum absolute atomic E-state index is 5.97.